The van der Waals surface area contributed by atoms with Crippen molar-refractivity contribution in [2.75, 3.05) is 6.61 Å². The zero-order valence-electron chi connectivity index (χ0n) is 10.1. The van der Waals surface area contributed by atoms with Crippen LogP contribution in [0.4, 0.5) is 0 Å². The van der Waals surface area contributed by atoms with E-state index in [2.05, 4.69) is 19.1 Å². The lowest BCUT2D eigenvalue weighted by Gasteiger charge is -2.11. The molecule has 0 aromatic heterocycles. The minimum absolute atomic E-state index is 0.278. The largest absolute Gasteiger partial charge is 0.482 e. The van der Waals surface area contributed by atoms with Gasteiger partial charge in [0.2, 0.25) is 0 Å². The van der Waals surface area contributed by atoms with Gasteiger partial charge in [0.25, 0.3) is 0 Å². The Morgan fingerprint density at radius 1 is 1.35 bits per heavy atom. The fourth-order valence-corrected chi connectivity index (χ4v) is 2.49. The Kier molecular flexibility index (Phi) is 3.67. The van der Waals surface area contributed by atoms with Crippen LogP contribution in [0, 0.1) is 5.92 Å². The lowest BCUT2D eigenvalue weighted by molar-refractivity contribution is -0.139. The van der Waals surface area contributed by atoms with Crippen LogP contribution in [0.25, 0.3) is 0 Å². The molecule has 0 heterocycles. The highest BCUT2D eigenvalue weighted by atomic mass is 16.5. The van der Waals surface area contributed by atoms with Gasteiger partial charge < -0.3 is 9.84 Å². The molecule has 17 heavy (non-hydrogen) atoms. The summed E-state index contributed by atoms with van der Waals surface area (Å²) in [5.74, 6) is 1.17. The summed E-state index contributed by atoms with van der Waals surface area (Å²) >= 11 is 0. The average molecular weight is 234 g/mol. The van der Waals surface area contributed by atoms with E-state index in [1.54, 1.807) is 0 Å². The minimum atomic E-state index is -0.946. The predicted molar refractivity (Wildman–Crippen MR) is 65.3 cm³/mol. The first-order valence-corrected chi connectivity index (χ1v) is 6.09. The molecular weight excluding hydrogens is 216 g/mol. The second-order valence-electron chi connectivity index (χ2n) is 4.87. The maximum atomic E-state index is 10.4. The Morgan fingerprint density at radius 2 is 2.06 bits per heavy atom. The molecule has 0 aliphatic heterocycles. The quantitative estimate of drug-likeness (QED) is 0.871. The van der Waals surface area contributed by atoms with Crippen molar-refractivity contribution in [2.45, 2.75) is 32.1 Å². The average Bonchev–Trinajstić information content (AvgIpc) is 2.74. The molecule has 0 saturated heterocycles. The monoisotopic (exact) mass is 234 g/mol. The van der Waals surface area contributed by atoms with Gasteiger partial charge in [-0.25, -0.2) is 4.79 Å². The summed E-state index contributed by atoms with van der Waals surface area (Å²) < 4.78 is 5.11. The van der Waals surface area contributed by atoms with E-state index < -0.39 is 5.97 Å². The molecule has 2 atom stereocenters. The minimum Gasteiger partial charge on any atom is -0.482 e. The van der Waals surface area contributed by atoms with Gasteiger partial charge in [-0.15, -0.1) is 0 Å². The third kappa shape index (κ3) is 3.22. The Bertz CT molecular complexity index is 383. The highest BCUT2D eigenvalue weighted by Gasteiger charge is 2.22. The van der Waals surface area contributed by atoms with Crippen LogP contribution in [0.2, 0.25) is 0 Å². The lowest BCUT2D eigenvalue weighted by Crippen LogP contribution is -2.09. The van der Waals surface area contributed by atoms with E-state index in [1.165, 1.54) is 24.8 Å². The van der Waals surface area contributed by atoms with Crippen molar-refractivity contribution in [1.82, 2.24) is 0 Å². The molecule has 1 unspecified atom stereocenters. The summed E-state index contributed by atoms with van der Waals surface area (Å²) in [5.41, 5.74) is 1.34. The Hall–Kier alpha value is -1.51. The van der Waals surface area contributed by atoms with Crippen LogP contribution in [-0.4, -0.2) is 17.7 Å². The predicted octanol–water partition coefficient (Wildman–Crippen LogP) is 3.05. The van der Waals surface area contributed by atoms with Gasteiger partial charge in [-0.05, 0) is 42.4 Å². The third-order valence-corrected chi connectivity index (χ3v) is 3.41. The molecule has 92 valence electrons. The smallest absolute Gasteiger partial charge is 0.341 e. The van der Waals surface area contributed by atoms with Gasteiger partial charge in [0.1, 0.15) is 5.75 Å². The van der Waals surface area contributed by atoms with E-state index in [-0.39, 0.29) is 6.61 Å². The zero-order valence-corrected chi connectivity index (χ0v) is 10.1. The normalized spacial score (nSPS) is 23.6. The second kappa shape index (κ2) is 5.21. The number of hydrogen-bond acceptors (Lipinski definition) is 2. The van der Waals surface area contributed by atoms with Gasteiger partial charge in [0, 0.05) is 0 Å². The summed E-state index contributed by atoms with van der Waals surface area (Å²) in [5, 5.41) is 8.51. The van der Waals surface area contributed by atoms with Gasteiger partial charge >= 0.3 is 5.97 Å². The first-order valence-electron chi connectivity index (χ1n) is 6.09. The molecule has 2 rings (SSSR count). The van der Waals surface area contributed by atoms with Crippen molar-refractivity contribution >= 4 is 5.97 Å². The Labute approximate surface area is 101 Å². The van der Waals surface area contributed by atoms with Gasteiger partial charge in [-0.1, -0.05) is 25.5 Å². The number of carbonyl (C=O) groups is 1. The van der Waals surface area contributed by atoms with Gasteiger partial charge in [-0.3, -0.25) is 0 Å². The molecule has 1 N–H and O–H groups in total. The van der Waals surface area contributed by atoms with Crippen LogP contribution in [0.1, 0.15) is 37.7 Å². The summed E-state index contributed by atoms with van der Waals surface area (Å²) in [6.45, 7) is 2.02. The maximum Gasteiger partial charge on any atom is 0.341 e. The Balaban J connectivity index is 1.95. The van der Waals surface area contributed by atoms with Gasteiger partial charge in [-0.2, -0.15) is 0 Å². The van der Waals surface area contributed by atoms with Crippen LogP contribution >= 0.6 is 0 Å². The van der Waals surface area contributed by atoms with E-state index in [4.69, 9.17) is 9.84 Å². The fraction of sp³-hybridized carbons (Fsp3) is 0.500. The van der Waals surface area contributed by atoms with Gasteiger partial charge in [0.15, 0.2) is 6.61 Å². The van der Waals surface area contributed by atoms with Crippen molar-refractivity contribution in [3.63, 3.8) is 0 Å². The molecule has 0 radical (unpaired) electrons. The highest BCUT2D eigenvalue weighted by Crippen LogP contribution is 2.38. The Morgan fingerprint density at radius 3 is 2.59 bits per heavy atom. The van der Waals surface area contributed by atoms with Crippen LogP contribution in [-0.2, 0) is 4.79 Å². The van der Waals surface area contributed by atoms with E-state index in [1.807, 2.05) is 12.1 Å². The molecular formula is C14H18O3. The molecule has 0 bridgehead atoms. The number of benzene rings is 1. The first kappa shape index (κ1) is 12.0. The molecule has 1 fully saturated rings. The van der Waals surface area contributed by atoms with Crippen LogP contribution in [0.5, 0.6) is 5.75 Å². The number of hydrogen-bond donors (Lipinski definition) is 1. The van der Waals surface area contributed by atoms with E-state index in [0.29, 0.717) is 11.7 Å². The standard InChI is InChI=1S/C14H18O3/c1-10-2-3-12(8-10)11-4-6-13(7-5-11)17-9-14(15)16/h4-7,10,12H,2-3,8-9H2,1H3,(H,15,16)/t10-,12?/m0/s1. The molecule has 1 aliphatic carbocycles. The van der Waals surface area contributed by atoms with Crippen molar-refractivity contribution in [3.8, 4) is 5.75 Å². The SMILES string of the molecule is C[C@H]1CCC(c2ccc(OCC(=O)O)cc2)C1. The molecule has 0 spiro atoms. The number of rotatable bonds is 4. The number of ether oxygens (including phenoxy) is 1. The van der Waals surface area contributed by atoms with Crippen molar-refractivity contribution < 1.29 is 14.6 Å². The first-order chi connectivity index (χ1) is 8.15. The van der Waals surface area contributed by atoms with Crippen molar-refractivity contribution in [2.24, 2.45) is 5.92 Å². The number of aliphatic carboxylic acids is 1. The van der Waals surface area contributed by atoms with E-state index in [9.17, 15) is 4.79 Å². The molecule has 1 saturated carbocycles. The molecule has 1 aromatic rings. The number of carboxylic acids is 1. The molecule has 3 heteroatoms. The molecule has 1 aliphatic rings. The van der Waals surface area contributed by atoms with Crippen LogP contribution < -0.4 is 4.74 Å². The van der Waals surface area contributed by atoms with Gasteiger partial charge in [0.05, 0.1) is 0 Å². The maximum absolute atomic E-state index is 10.4. The number of carboxylic acid groups (broad SMARTS) is 1. The van der Waals surface area contributed by atoms with Crippen molar-refractivity contribution in [1.29, 1.82) is 0 Å². The summed E-state index contributed by atoms with van der Waals surface area (Å²) in [6, 6.07) is 7.84. The topological polar surface area (TPSA) is 46.5 Å². The third-order valence-electron chi connectivity index (χ3n) is 3.41. The summed E-state index contributed by atoms with van der Waals surface area (Å²) in [6.07, 6.45) is 3.83. The van der Waals surface area contributed by atoms with E-state index in [0.717, 1.165) is 5.92 Å². The van der Waals surface area contributed by atoms with Crippen LogP contribution in [0.3, 0.4) is 0 Å². The second-order valence-corrected chi connectivity index (χ2v) is 4.87. The lowest BCUT2D eigenvalue weighted by atomic mass is 9.97. The highest BCUT2D eigenvalue weighted by molar-refractivity contribution is 5.68. The zero-order chi connectivity index (χ0) is 12.3. The summed E-state index contributed by atoms with van der Waals surface area (Å²) in [7, 11) is 0. The van der Waals surface area contributed by atoms with Crippen LogP contribution in [0.15, 0.2) is 24.3 Å². The summed E-state index contributed by atoms with van der Waals surface area (Å²) in [4.78, 5) is 10.4. The molecule has 1 aromatic carbocycles. The molecule has 0 amide bonds. The van der Waals surface area contributed by atoms with Crippen molar-refractivity contribution in [3.05, 3.63) is 29.8 Å². The fourth-order valence-electron chi connectivity index (χ4n) is 2.49. The molecule has 3 nitrogen and oxygen atoms in total. The van der Waals surface area contributed by atoms with E-state index >= 15 is 0 Å².